The lowest BCUT2D eigenvalue weighted by atomic mass is 10.1. The first-order valence-corrected chi connectivity index (χ1v) is 9.43. The van der Waals surface area contributed by atoms with E-state index in [2.05, 4.69) is 24.0 Å². The quantitative estimate of drug-likeness (QED) is 0.805. The summed E-state index contributed by atoms with van der Waals surface area (Å²) < 4.78 is 5.40. The number of nitrogens with zero attached hydrogens (tertiary/aromatic N) is 5. The average Bonchev–Trinajstić information content (AvgIpc) is 3.22. The number of rotatable bonds is 5. The van der Waals surface area contributed by atoms with Crippen LogP contribution in [-0.4, -0.2) is 68.7 Å². The van der Waals surface area contributed by atoms with Crippen molar-refractivity contribution >= 4 is 23.0 Å². The highest BCUT2D eigenvalue weighted by molar-refractivity contribution is 5.97. The fourth-order valence-electron chi connectivity index (χ4n) is 3.23. The van der Waals surface area contributed by atoms with Gasteiger partial charge in [0.1, 0.15) is 17.8 Å². The maximum atomic E-state index is 12.8. The molecular weight excluding hydrogens is 346 g/mol. The van der Waals surface area contributed by atoms with E-state index in [0.29, 0.717) is 23.2 Å². The monoisotopic (exact) mass is 373 g/mol. The first-order valence-electron chi connectivity index (χ1n) is 9.43. The minimum Gasteiger partial charge on any atom is -0.359 e. The number of ether oxygens (including phenoxy) is 1. The number of hydrogen-bond acceptors (Lipinski definition) is 5. The second-order valence-corrected chi connectivity index (χ2v) is 7.49. The van der Waals surface area contributed by atoms with E-state index in [4.69, 9.17) is 4.74 Å². The summed E-state index contributed by atoms with van der Waals surface area (Å²) in [5.74, 6) is -0.0180. The molecule has 1 aromatic carbocycles. The highest BCUT2D eigenvalue weighted by atomic mass is 16.5. The largest absolute Gasteiger partial charge is 0.364 e. The Morgan fingerprint density at radius 2 is 1.81 bits per heavy atom. The van der Waals surface area contributed by atoms with Crippen molar-refractivity contribution in [2.24, 2.45) is 0 Å². The van der Waals surface area contributed by atoms with Gasteiger partial charge in [-0.1, -0.05) is 18.6 Å². The van der Waals surface area contributed by atoms with Gasteiger partial charge in [-0.3, -0.25) is 9.69 Å². The van der Waals surface area contributed by atoms with Gasteiger partial charge < -0.3 is 9.64 Å². The van der Waals surface area contributed by atoms with Crippen LogP contribution in [0.2, 0.25) is 0 Å². The summed E-state index contributed by atoms with van der Waals surface area (Å²) in [6, 6.07) is 4.86. The van der Waals surface area contributed by atoms with Gasteiger partial charge in [-0.05, 0) is 44.9 Å². The highest BCUT2D eigenvalue weighted by Crippen LogP contribution is 2.22. The standard InChI is InChI=1S/C19H27N5O3/c1-5-9-22(10-6-2)17(25)14-7-8-15-16(11-14)21-24(20-15)18(26)23-13-27-12-19(23,3)4/h7-8,11H,5-6,9-10,12-13H2,1-4H3. The van der Waals surface area contributed by atoms with E-state index in [9.17, 15) is 9.59 Å². The van der Waals surface area contributed by atoms with Crippen molar-refractivity contribution in [3.63, 3.8) is 0 Å². The second kappa shape index (κ2) is 7.64. The lowest BCUT2D eigenvalue weighted by Gasteiger charge is -2.27. The van der Waals surface area contributed by atoms with Crippen molar-refractivity contribution < 1.29 is 14.3 Å². The van der Waals surface area contributed by atoms with Crippen LogP contribution in [0.25, 0.3) is 11.0 Å². The topological polar surface area (TPSA) is 80.6 Å². The minimum absolute atomic E-state index is 0.0180. The summed E-state index contributed by atoms with van der Waals surface area (Å²) in [7, 11) is 0. The van der Waals surface area contributed by atoms with Crippen molar-refractivity contribution in [1.29, 1.82) is 0 Å². The van der Waals surface area contributed by atoms with Crippen LogP contribution in [0.1, 0.15) is 50.9 Å². The van der Waals surface area contributed by atoms with Crippen molar-refractivity contribution in [3.05, 3.63) is 23.8 Å². The van der Waals surface area contributed by atoms with Crippen LogP contribution in [0.5, 0.6) is 0 Å². The molecule has 3 rings (SSSR count). The van der Waals surface area contributed by atoms with Crippen molar-refractivity contribution in [2.45, 2.75) is 46.1 Å². The number of aromatic nitrogens is 3. The fourth-order valence-corrected chi connectivity index (χ4v) is 3.23. The second-order valence-electron chi connectivity index (χ2n) is 7.49. The molecule has 8 nitrogen and oxygen atoms in total. The predicted octanol–water partition coefficient (Wildman–Crippen LogP) is 2.73. The molecule has 0 atom stereocenters. The number of carbonyl (C=O) groups is 2. The molecule has 146 valence electrons. The molecule has 0 N–H and O–H groups in total. The number of benzene rings is 1. The molecule has 1 fully saturated rings. The molecule has 0 bridgehead atoms. The first kappa shape index (κ1) is 19.3. The van der Waals surface area contributed by atoms with Gasteiger partial charge in [0.05, 0.1) is 12.1 Å². The fraction of sp³-hybridized carbons (Fsp3) is 0.579. The Morgan fingerprint density at radius 3 is 2.41 bits per heavy atom. The zero-order chi connectivity index (χ0) is 19.6. The predicted molar refractivity (Wildman–Crippen MR) is 102 cm³/mol. The molecule has 0 saturated carbocycles. The Balaban J connectivity index is 1.86. The van der Waals surface area contributed by atoms with Crippen LogP contribution >= 0.6 is 0 Å². The maximum Gasteiger partial charge on any atom is 0.364 e. The normalized spacial score (nSPS) is 16.1. The summed E-state index contributed by atoms with van der Waals surface area (Å²) in [6.07, 6.45) is 1.82. The molecular formula is C19H27N5O3. The summed E-state index contributed by atoms with van der Waals surface area (Å²) in [4.78, 5) is 30.1. The Kier molecular flexibility index (Phi) is 5.46. The van der Waals surface area contributed by atoms with Gasteiger partial charge in [-0.25, -0.2) is 4.79 Å². The van der Waals surface area contributed by atoms with Crippen molar-refractivity contribution in [2.75, 3.05) is 26.4 Å². The van der Waals surface area contributed by atoms with E-state index < -0.39 is 5.54 Å². The minimum atomic E-state index is -0.404. The third-order valence-electron chi connectivity index (χ3n) is 4.71. The van der Waals surface area contributed by atoms with Crippen LogP contribution < -0.4 is 0 Å². The van der Waals surface area contributed by atoms with Gasteiger partial charge in [0.2, 0.25) is 0 Å². The van der Waals surface area contributed by atoms with Crippen LogP contribution in [0.15, 0.2) is 18.2 Å². The average molecular weight is 373 g/mol. The van der Waals surface area contributed by atoms with Crippen LogP contribution in [0, 0.1) is 0 Å². The van der Waals surface area contributed by atoms with Gasteiger partial charge in [-0.15, -0.1) is 10.2 Å². The number of hydrogen-bond donors (Lipinski definition) is 0. The van der Waals surface area contributed by atoms with Gasteiger partial charge in [0.25, 0.3) is 5.91 Å². The Bertz CT molecular complexity index is 839. The summed E-state index contributed by atoms with van der Waals surface area (Å²) in [5.41, 5.74) is 1.27. The van der Waals surface area contributed by atoms with Crippen LogP contribution in [0.4, 0.5) is 4.79 Å². The lowest BCUT2D eigenvalue weighted by Crippen LogP contribution is -2.46. The maximum absolute atomic E-state index is 12.8. The summed E-state index contributed by atoms with van der Waals surface area (Å²) in [6.45, 7) is 10.1. The molecule has 0 radical (unpaired) electrons. The number of carbonyl (C=O) groups excluding carboxylic acids is 2. The molecule has 2 aromatic rings. The van der Waals surface area contributed by atoms with E-state index in [1.165, 1.54) is 0 Å². The molecule has 1 saturated heterocycles. The third-order valence-corrected chi connectivity index (χ3v) is 4.71. The zero-order valence-corrected chi connectivity index (χ0v) is 16.4. The molecule has 0 aliphatic carbocycles. The third kappa shape index (κ3) is 3.80. The Hall–Kier alpha value is -2.48. The highest BCUT2D eigenvalue weighted by Gasteiger charge is 2.38. The molecule has 1 aliphatic rings. The zero-order valence-electron chi connectivity index (χ0n) is 16.4. The molecule has 0 unspecified atom stereocenters. The van der Waals surface area contributed by atoms with Crippen molar-refractivity contribution in [1.82, 2.24) is 24.8 Å². The van der Waals surface area contributed by atoms with Crippen LogP contribution in [0.3, 0.4) is 0 Å². The van der Waals surface area contributed by atoms with E-state index >= 15 is 0 Å². The molecule has 27 heavy (non-hydrogen) atoms. The lowest BCUT2D eigenvalue weighted by molar-refractivity contribution is 0.0755. The SMILES string of the molecule is CCCN(CCC)C(=O)c1ccc2nn(C(=O)N3COCC3(C)C)nc2c1. The van der Waals surface area contributed by atoms with Gasteiger partial charge >= 0.3 is 6.03 Å². The molecule has 2 heterocycles. The van der Waals surface area contributed by atoms with Gasteiger partial charge in [0.15, 0.2) is 0 Å². The summed E-state index contributed by atoms with van der Waals surface area (Å²) >= 11 is 0. The number of fused-ring (bicyclic) bond motifs is 1. The molecule has 0 spiro atoms. The van der Waals surface area contributed by atoms with Crippen molar-refractivity contribution in [3.8, 4) is 0 Å². The number of amides is 2. The smallest absolute Gasteiger partial charge is 0.359 e. The first-order chi connectivity index (χ1) is 12.9. The van der Waals surface area contributed by atoms with Gasteiger partial charge in [-0.2, -0.15) is 0 Å². The van der Waals surface area contributed by atoms with E-state index in [0.717, 1.165) is 30.7 Å². The van der Waals surface area contributed by atoms with Gasteiger partial charge in [0, 0.05) is 18.7 Å². The van der Waals surface area contributed by atoms with E-state index in [-0.39, 0.29) is 18.7 Å². The van der Waals surface area contributed by atoms with E-state index in [1.807, 2.05) is 18.7 Å². The van der Waals surface area contributed by atoms with E-state index in [1.54, 1.807) is 23.1 Å². The molecule has 1 aromatic heterocycles. The summed E-state index contributed by atoms with van der Waals surface area (Å²) in [5, 5.41) is 8.58. The molecule has 1 aliphatic heterocycles. The molecule has 2 amide bonds. The Morgan fingerprint density at radius 1 is 1.15 bits per heavy atom. The van der Waals surface area contributed by atoms with Crippen LogP contribution in [-0.2, 0) is 4.74 Å². The Labute approximate surface area is 159 Å². The molecule has 8 heteroatoms.